The van der Waals surface area contributed by atoms with Crippen molar-refractivity contribution in [3.05, 3.63) is 59.5 Å². The monoisotopic (exact) mass is 310 g/mol. The molecule has 1 unspecified atom stereocenters. The summed E-state index contributed by atoms with van der Waals surface area (Å²) in [6, 6.07) is 11.2. The smallest absolute Gasteiger partial charge is 0.254 e. The van der Waals surface area contributed by atoms with Gasteiger partial charge in [0.1, 0.15) is 12.0 Å². The molecule has 0 saturated heterocycles. The van der Waals surface area contributed by atoms with Crippen LogP contribution in [-0.4, -0.2) is 23.7 Å². The summed E-state index contributed by atoms with van der Waals surface area (Å²) in [4.78, 5) is 11.8. The molecule has 2 rings (SSSR count). The third kappa shape index (κ3) is 5.23. The second-order valence-electron chi connectivity index (χ2n) is 4.56. The summed E-state index contributed by atoms with van der Waals surface area (Å²) < 4.78 is 5.09. The van der Waals surface area contributed by atoms with E-state index in [1.165, 1.54) is 6.26 Å². The minimum absolute atomic E-state index is 0. The van der Waals surface area contributed by atoms with E-state index in [-0.39, 0.29) is 31.4 Å². The molecule has 1 heterocycles. The van der Waals surface area contributed by atoms with Crippen molar-refractivity contribution in [2.75, 3.05) is 6.54 Å². The van der Waals surface area contributed by atoms with Crippen LogP contribution in [0.5, 0.6) is 0 Å². The SMILES string of the molecule is Cl.NCc1cc(C(=O)NCC(O)Cc2ccccc2)co1. The molecular weight excluding hydrogens is 292 g/mol. The lowest BCUT2D eigenvalue weighted by molar-refractivity contribution is 0.0915. The van der Waals surface area contributed by atoms with Crippen molar-refractivity contribution in [3.8, 4) is 0 Å². The van der Waals surface area contributed by atoms with Gasteiger partial charge >= 0.3 is 0 Å². The summed E-state index contributed by atoms with van der Waals surface area (Å²) >= 11 is 0. The predicted molar refractivity (Wildman–Crippen MR) is 82.3 cm³/mol. The van der Waals surface area contributed by atoms with E-state index in [4.69, 9.17) is 10.2 Å². The van der Waals surface area contributed by atoms with Gasteiger partial charge in [-0.15, -0.1) is 12.4 Å². The molecule has 1 amide bonds. The van der Waals surface area contributed by atoms with Crippen molar-refractivity contribution in [2.45, 2.75) is 19.1 Å². The highest BCUT2D eigenvalue weighted by Crippen LogP contribution is 2.07. The van der Waals surface area contributed by atoms with Gasteiger partial charge in [-0.05, 0) is 11.6 Å². The van der Waals surface area contributed by atoms with Crippen LogP contribution >= 0.6 is 12.4 Å². The van der Waals surface area contributed by atoms with Gasteiger partial charge < -0.3 is 20.6 Å². The number of hydrogen-bond acceptors (Lipinski definition) is 4. The minimum Gasteiger partial charge on any atom is -0.467 e. The van der Waals surface area contributed by atoms with Gasteiger partial charge in [-0.25, -0.2) is 0 Å². The first kappa shape index (κ1) is 17.2. The number of amides is 1. The average Bonchev–Trinajstić information content (AvgIpc) is 2.95. The second-order valence-corrected chi connectivity index (χ2v) is 4.56. The van der Waals surface area contributed by atoms with E-state index in [2.05, 4.69) is 5.32 Å². The van der Waals surface area contributed by atoms with Crippen LogP contribution in [0, 0.1) is 0 Å². The molecule has 5 nitrogen and oxygen atoms in total. The molecule has 0 saturated carbocycles. The van der Waals surface area contributed by atoms with E-state index in [0.29, 0.717) is 17.7 Å². The first-order valence-corrected chi connectivity index (χ1v) is 6.46. The zero-order valence-electron chi connectivity index (χ0n) is 11.5. The molecular formula is C15H19ClN2O3. The standard InChI is InChI=1S/C15H18N2O3.ClH/c16-8-14-7-12(10-20-14)15(19)17-9-13(18)6-11-4-2-1-3-5-11;/h1-5,7,10,13,18H,6,8-9,16H2,(H,17,19);1H. The maximum Gasteiger partial charge on any atom is 0.254 e. The van der Waals surface area contributed by atoms with E-state index >= 15 is 0 Å². The summed E-state index contributed by atoms with van der Waals surface area (Å²) in [5, 5.41) is 12.6. The lowest BCUT2D eigenvalue weighted by atomic mass is 10.1. The highest BCUT2D eigenvalue weighted by atomic mass is 35.5. The average molecular weight is 311 g/mol. The van der Waals surface area contributed by atoms with Gasteiger partial charge in [0, 0.05) is 13.0 Å². The van der Waals surface area contributed by atoms with Crippen LogP contribution in [0.4, 0.5) is 0 Å². The summed E-state index contributed by atoms with van der Waals surface area (Å²) in [5.74, 6) is 0.278. The molecule has 21 heavy (non-hydrogen) atoms. The molecule has 0 fully saturated rings. The van der Waals surface area contributed by atoms with Gasteiger partial charge in [-0.1, -0.05) is 30.3 Å². The van der Waals surface area contributed by atoms with E-state index in [1.807, 2.05) is 30.3 Å². The number of rotatable bonds is 6. The number of carbonyl (C=O) groups is 1. The minimum atomic E-state index is -0.623. The Morgan fingerprint density at radius 1 is 1.33 bits per heavy atom. The van der Waals surface area contributed by atoms with Crippen LogP contribution in [0.15, 0.2) is 47.1 Å². The molecule has 0 aliphatic rings. The van der Waals surface area contributed by atoms with Crippen molar-refractivity contribution in [1.82, 2.24) is 5.32 Å². The molecule has 0 spiro atoms. The molecule has 114 valence electrons. The number of nitrogens with one attached hydrogen (secondary N) is 1. The number of benzene rings is 1. The second kappa shape index (κ2) is 8.46. The fraction of sp³-hybridized carbons (Fsp3) is 0.267. The summed E-state index contributed by atoms with van der Waals surface area (Å²) in [6.07, 6.45) is 1.24. The quantitative estimate of drug-likeness (QED) is 0.754. The fourth-order valence-electron chi connectivity index (χ4n) is 1.88. The molecule has 0 radical (unpaired) electrons. The van der Waals surface area contributed by atoms with Crippen LogP contribution in [0.1, 0.15) is 21.7 Å². The highest BCUT2D eigenvalue weighted by molar-refractivity contribution is 5.93. The van der Waals surface area contributed by atoms with Crippen molar-refractivity contribution < 1.29 is 14.3 Å². The number of halogens is 1. The van der Waals surface area contributed by atoms with E-state index in [9.17, 15) is 9.90 Å². The van der Waals surface area contributed by atoms with Crippen LogP contribution in [0.25, 0.3) is 0 Å². The Kier molecular flexibility index (Phi) is 6.94. The Morgan fingerprint density at radius 2 is 2.05 bits per heavy atom. The van der Waals surface area contributed by atoms with Crippen molar-refractivity contribution >= 4 is 18.3 Å². The molecule has 1 atom stereocenters. The van der Waals surface area contributed by atoms with Gasteiger partial charge in [0.05, 0.1) is 18.2 Å². The van der Waals surface area contributed by atoms with Gasteiger partial charge in [-0.2, -0.15) is 0 Å². The normalized spacial score (nSPS) is 11.5. The lowest BCUT2D eigenvalue weighted by Gasteiger charge is -2.11. The highest BCUT2D eigenvalue weighted by Gasteiger charge is 2.12. The molecule has 6 heteroatoms. The number of aliphatic hydroxyl groups is 1. The Hall–Kier alpha value is -1.82. The zero-order chi connectivity index (χ0) is 14.4. The molecule has 0 aliphatic carbocycles. The maximum absolute atomic E-state index is 11.8. The Morgan fingerprint density at radius 3 is 2.67 bits per heavy atom. The first-order valence-electron chi connectivity index (χ1n) is 6.46. The number of carbonyl (C=O) groups excluding carboxylic acids is 1. The molecule has 1 aromatic carbocycles. The molecule has 0 aliphatic heterocycles. The van der Waals surface area contributed by atoms with Crippen molar-refractivity contribution in [1.29, 1.82) is 0 Å². The van der Waals surface area contributed by atoms with Crippen LogP contribution < -0.4 is 11.1 Å². The lowest BCUT2D eigenvalue weighted by Crippen LogP contribution is -2.33. The molecule has 1 aromatic heterocycles. The Bertz CT molecular complexity index is 557. The maximum atomic E-state index is 11.8. The summed E-state index contributed by atoms with van der Waals surface area (Å²) in [5.41, 5.74) is 6.85. The van der Waals surface area contributed by atoms with E-state index < -0.39 is 6.10 Å². The van der Waals surface area contributed by atoms with E-state index in [1.54, 1.807) is 6.07 Å². The Labute approximate surface area is 129 Å². The first-order chi connectivity index (χ1) is 9.69. The number of hydrogen-bond donors (Lipinski definition) is 3. The third-order valence-electron chi connectivity index (χ3n) is 2.93. The zero-order valence-corrected chi connectivity index (χ0v) is 12.3. The van der Waals surface area contributed by atoms with Gasteiger partial charge in [-0.3, -0.25) is 4.79 Å². The Balaban J connectivity index is 0.00000220. The summed E-state index contributed by atoms with van der Waals surface area (Å²) in [7, 11) is 0. The van der Waals surface area contributed by atoms with E-state index in [0.717, 1.165) is 5.56 Å². The van der Waals surface area contributed by atoms with Gasteiger partial charge in [0.2, 0.25) is 0 Å². The van der Waals surface area contributed by atoms with Crippen LogP contribution in [-0.2, 0) is 13.0 Å². The predicted octanol–water partition coefficient (Wildman–Crippen LogP) is 1.49. The molecule has 4 N–H and O–H groups in total. The van der Waals surface area contributed by atoms with Crippen molar-refractivity contribution in [2.24, 2.45) is 5.73 Å². The molecule has 0 bridgehead atoms. The topological polar surface area (TPSA) is 88.5 Å². The van der Waals surface area contributed by atoms with Crippen LogP contribution in [0.3, 0.4) is 0 Å². The number of aliphatic hydroxyl groups excluding tert-OH is 1. The van der Waals surface area contributed by atoms with Crippen LogP contribution in [0.2, 0.25) is 0 Å². The van der Waals surface area contributed by atoms with Gasteiger partial charge in [0.15, 0.2) is 0 Å². The number of nitrogens with two attached hydrogens (primary N) is 1. The fourth-order valence-corrected chi connectivity index (χ4v) is 1.88. The number of furan rings is 1. The molecule has 2 aromatic rings. The van der Waals surface area contributed by atoms with Gasteiger partial charge in [0.25, 0.3) is 5.91 Å². The summed E-state index contributed by atoms with van der Waals surface area (Å²) in [6.45, 7) is 0.445. The third-order valence-corrected chi connectivity index (χ3v) is 2.93. The van der Waals surface area contributed by atoms with Crippen molar-refractivity contribution in [3.63, 3.8) is 0 Å². The largest absolute Gasteiger partial charge is 0.467 e.